The molecular formula is C14H15NS. The summed E-state index contributed by atoms with van der Waals surface area (Å²) in [6.07, 6.45) is 2.28. The summed E-state index contributed by atoms with van der Waals surface area (Å²) >= 11 is 1.85. The van der Waals surface area contributed by atoms with Crippen LogP contribution < -0.4 is 5.32 Å². The number of hydrogen-bond acceptors (Lipinski definition) is 2. The average Bonchev–Trinajstić information content (AvgIpc) is 2.82. The summed E-state index contributed by atoms with van der Waals surface area (Å²) in [6, 6.07) is 13.7. The van der Waals surface area contributed by atoms with Crippen LogP contribution in [0.1, 0.15) is 22.0 Å². The van der Waals surface area contributed by atoms with Crippen molar-refractivity contribution >= 4 is 11.3 Å². The summed E-state index contributed by atoms with van der Waals surface area (Å²) in [6.45, 7) is 1.10. The van der Waals surface area contributed by atoms with Gasteiger partial charge in [-0.2, -0.15) is 0 Å². The minimum absolute atomic E-state index is 0.503. The number of benzene rings is 1. The van der Waals surface area contributed by atoms with Crippen LogP contribution in [0.3, 0.4) is 0 Å². The van der Waals surface area contributed by atoms with Crippen LogP contribution in [0, 0.1) is 0 Å². The fraction of sp³-hybridized carbons (Fsp3) is 0.286. The van der Waals surface area contributed by atoms with Gasteiger partial charge in [0.25, 0.3) is 0 Å². The Balaban J connectivity index is 1.87. The molecule has 0 radical (unpaired) electrons. The van der Waals surface area contributed by atoms with Gasteiger partial charge in [-0.1, -0.05) is 30.3 Å². The minimum Gasteiger partial charge on any atom is -0.309 e. The van der Waals surface area contributed by atoms with E-state index in [1.54, 1.807) is 0 Å². The molecule has 0 saturated carbocycles. The maximum atomic E-state index is 3.62. The molecule has 3 rings (SSSR count). The number of nitrogens with one attached hydrogen (secondary N) is 1. The smallest absolute Gasteiger partial charge is 0.0371 e. The van der Waals surface area contributed by atoms with Crippen molar-refractivity contribution < 1.29 is 0 Å². The third-order valence-electron chi connectivity index (χ3n) is 3.20. The van der Waals surface area contributed by atoms with Gasteiger partial charge in [0.2, 0.25) is 0 Å². The summed E-state index contributed by atoms with van der Waals surface area (Å²) in [4.78, 5) is 1.47. The quantitative estimate of drug-likeness (QED) is 0.834. The molecule has 1 aromatic heterocycles. The SMILES string of the molecule is c1csc(CC2NCCc3ccccc32)c1. The van der Waals surface area contributed by atoms with Crippen molar-refractivity contribution in [2.45, 2.75) is 18.9 Å². The van der Waals surface area contributed by atoms with E-state index in [-0.39, 0.29) is 0 Å². The van der Waals surface area contributed by atoms with E-state index >= 15 is 0 Å². The summed E-state index contributed by atoms with van der Waals surface area (Å²) in [5, 5.41) is 5.78. The van der Waals surface area contributed by atoms with Crippen molar-refractivity contribution in [3.05, 3.63) is 57.8 Å². The first-order valence-corrected chi connectivity index (χ1v) is 6.65. The zero-order chi connectivity index (χ0) is 10.8. The van der Waals surface area contributed by atoms with Gasteiger partial charge in [-0.05, 0) is 35.5 Å². The Morgan fingerprint density at radius 3 is 3.00 bits per heavy atom. The predicted molar refractivity (Wildman–Crippen MR) is 68.9 cm³/mol. The molecule has 0 saturated heterocycles. The highest BCUT2D eigenvalue weighted by atomic mass is 32.1. The molecule has 0 fully saturated rings. The predicted octanol–water partition coefficient (Wildman–Crippen LogP) is 3.18. The van der Waals surface area contributed by atoms with Gasteiger partial charge in [-0.25, -0.2) is 0 Å². The molecule has 1 aromatic carbocycles. The zero-order valence-corrected chi connectivity index (χ0v) is 9.96. The highest BCUT2D eigenvalue weighted by Crippen LogP contribution is 2.26. The van der Waals surface area contributed by atoms with E-state index in [0.717, 1.165) is 19.4 Å². The maximum Gasteiger partial charge on any atom is 0.0371 e. The van der Waals surface area contributed by atoms with Crippen LogP contribution >= 0.6 is 11.3 Å². The fourth-order valence-electron chi connectivity index (χ4n) is 2.40. The van der Waals surface area contributed by atoms with E-state index in [2.05, 4.69) is 47.1 Å². The molecule has 0 amide bonds. The Bertz CT molecular complexity index is 461. The second-order valence-electron chi connectivity index (χ2n) is 4.24. The molecule has 1 atom stereocenters. The lowest BCUT2D eigenvalue weighted by molar-refractivity contribution is 0.505. The molecule has 0 aliphatic carbocycles. The van der Waals surface area contributed by atoms with Crippen LogP contribution in [0.4, 0.5) is 0 Å². The van der Waals surface area contributed by atoms with Gasteiger partial charge in [-0.3, -0.25) is 0 Å². The second-order valence-corrected chi connectivity index (χ2v) is 5.27. The Morgan fingerprint density at radius 1 is 1.19 bits per heavy atom. The number of rotatable bonds is 2. The van der Waals surface area contributed by atoms with Crippen molar-refractivity contribution in [3.63, 3.8) is 0 Å². The van der Waals surface area contributed by atoms with Crippen LogP contribution in [0.2, 0.25) is 0 Å². The van der Waals surface area contributed by atoms with E-state index in [9.17, 15) is 0 Å². The van der Waals surface area contributed by atoms with Gasteiger partial charge in [-0.15, -0.1) is 11.3 Å². The average molecular weight is 229 g/mol. The van der Waals surface area contributed by atoms with Crippen LogP contribution in [-0.2, 0) is 12.8 Å². The lowest BCUT2D eigenvalue weighted by atomic mass is 9.92. The monoisotopic (exact) mass is 229 g/mol. The van der Waals surface area contributed by atoms with Gasteiger partial charge in [0.05, 0.1) is 0 Å². The van der Waals surface area contributed by atoms with Crippen molar-refractivity contribution in [3.8, 4) is 0 Å². The Morgan fingerprint density at radius 2 is 2.12 bits per heavy atom. The first-order valence-electron chi connectivity index (χ1n) is 5.77. The normalized spacial score (nSPS) is 19.4. The molecule has 0 bridgehead atoms. The third kappa shape index (κ3) is 1.91. The molecule has 1 N–H and O–H groups in total. The van der Waals surface area contributed by atoms with Gasteiger partial charge in [0.1, 0.15) is 0 Å². The highest BCUT2D eigenvalue weighted by Gasteiger charge is 2.19. The Hall–Kier alpha value is -1.12. The summed E-state index contributed by atoms with van der Waals surface area (Å²) in [7, 11) is 0. The molecule has 2 heterocycles. The van der Waals surface area contributed by atoms with E-state index in [1.807, 2.05) is 11.3 Å². The lowest BCUT2D eigenvalue weighted by Gasteiger charge is -2.26. The summed E-state index contributed by atoms with van der Waals surface area (Å²) in [5.74, 6) is 0. The first kappa shape index (κ1) is 10.1. The van der Waals surface area contributed by atoms with E-state index in [4.69, 9.17) is 0 Å². The first-order chi connectivity index (χ1) is 7.93. The Kier molecular flexibility index (Phi) is 2.77. The molecule has 2 aromatic rings. The van der Waals surface area contributed by atoms with E-state index in [0.29, 0.717) is 6.04 Å². The molecule has 1 aliphatic rings. The molecular weight excluding hydrogens is 214 g/mol. The number of thiophene rings is 1. The van der Waals surface area contributed by atoms with Gasteiger partial charge < -0.3 is 5.32 Å². The van der Waals surface area contributed by atoms with Crippen LogP contribution in [0.15, 0.2) is 41.8 Å². The largest absolute Gasteiger partial charge is 0.309 e. The van der Waals surface area contributed by atoms with Crippen molar-refractivity contribution in [1.82, 2.24) is 5.32 Å². The Labute approximate surface area is 100 Å². The second kappa shape index (κ2) is 4.40. The zero-order valence-electron chi connectivity index (χ0n) is 9.15. The molecule has 1 unspecified atom stereocenters. The van der Waals surface area contributed by atoms with E-state index < -0.39 is 0 Å². The lowest BCUT2D eigenvalue weighted by Crippen LogP contribution is -2.30. The van der Waals surface area contributed by atoms with E-state index in [1.165, 1.54) is 16.0 Å². The third-order valence-corrected chi connectivity index (χ3v) is 4.10. The number of fused-ring (bicyclic) bond motifs is 1. The van der Waals surface area contributed by atoms with Crippen LogP contribution in [0.25, 0.3) is 0 Å². The van der Waals surface area contributed by atoms with Crippen LogP contribution in [-0.4, -0.2) is 6.54 Å². The summed E-state index contributed by atoms with van der Waals surface area (Å²) in [5.41, 5.74) is 3.00. The molecule has 1 aliphatic heterocycles. The summed E-state index contributed by atoms with van der Waals surface area (Å²) < 4.78 is 0. The molecule has 1 nitrogen and oxygen atoms in total. The van der Waals surface area contributed by atoms with Gasteiger partial charge >= 0.3 is 0 Å². The van der Waals surface area contributed by atoms with Crippen molar-refractivity contribution in [1.29, 1.82) is 0 Å². The topological polar surface area (TPSA) is 12.0 Å². The maximum absolute atomic E-state index is 3.62. The standard InChI is InChI=1S/C14H15NS/c1-2-6-13-11(4-1)7-8-15-14(13)10-12-5-3-9-16-12/h1-6,9,14-15H,7-8,10H2. The fourth-order valence-corrected chi connectivity index (χ4v) is 3.16. The molecule has 82 valence electrons. The molecule has 16 heavy (non-hydrogen) atoms. The molecule has 2 heteroatoms. The minimum atomic E-state index is 0.503. The van der Waals surface area contributed by atoms with Crippen LogP contribution in [0.5, 0.6) is 0 Å². The van der Waals surface area contributed by atoms with Crippen molar-refractivity contribution in [2.24, 2.45) is 0 Å². The number of hydrogen-bond donors (Lipinski definition) is 1. The highest BCUT2D eigenvalue weighted by molar-refractivity contribution is 7.09. The van der Waals surface area contributed by atoms with Crippen molar-refractivity contribution in [2.75, 3.05) is 6.54 Å². The molecule has 0 spiro atoms. The van der Waals surface area contributed by atoms with Gasteiger partial charge in [0.15, 0.2) is 0 Å². The van der Waals surface area contributed by atoms with Gasteiger partial charge in [0, 0.05) is 17.3 Å².